The van der Waals surface area contributed by atoms with Crippen molar-refractivity contribution >= 4 is 5.78 Å². The molecule has 0 aromatic carbocycles. The highest BCUT2D eigenvalue weighted by molar-refractivity contribution is 5.82. The molecule has 0 unspecified atom stereocenters. The Kier molecular flexibility index (Phi) is 3.30. The molecule has 0 saturated heterocycles. The van der Waals surface area contributed by atoms with Crippen molar-refractivity contribution < 1.29 is 4.79 Å². The molecule has 0 aromatic rings. The summed E-state index contributed by atoms with van der Waals surface area (Å²) in [6.07, 6.45) is 4.43. The van der Waals surface area contributed by atoms with Gasteiger partial charge < -0.3 is 0 Å². The minimum absolute atomic E-state index is 0.219. The van der Waals surface area contributed by atoms with E-state index in [1.807, 2.05) is 13.8 Å². The molecule has 1 radical (unpaired) electrons. The molecular weight excluding hydrogens is 148 g/mol. The lowest BCUT2D eigenvalue weighted by molar-refractivity contribution is -0.126. The van der Waals surface area contributed by atoms with Gasteiger partial charge in [0.1, 0.15) is 5.78 Å². The molecule has 1 fully saturated rings. The third kappa shape index (κ3) is 2.33. The maximum absolute atomic E-state index is 11.6. The Bertz CT molecular complexity index is 152. The third-order valence-corrected chi connectivity index (χ3v) is 2.82. The van der Waals surface area contributed by atoms with Crippen LogP contribution in [0, 0.1) is 24.7 Å². The fraction of sp³-hybridized carbons (Fsp3) is 0.818. The zero-order chi connectivity index (χ0) is 9.14. The molecule has 1 rings (SSSR count). The molecule has 1 heteroatoms. The average molecular weight is 167 g/mol. The van der Waals surface area contributed by atoms with Crippen LogP contribution >= 0.6 is 0 Å². The Morgan fingerprint density at radius 3 is 2.17 bits per heavy atom. The Labute approximate surface area is 75.5 Å². The maximum atomic E-state index is 11.6. The van der Waals surface area contributed by atoms with Crippen LogP contribution in [0.5, 0.6) is 0 Å². The van der Waals surface area contributed by atoms with Gasteiger partial charge in [-0.1, -0.05) is 20.8 Å². The molecule has 0 bridgehead atoms. The van der Waals surface area contributed by atoms with Crippen LogP contribution in [-0.4, -0.2) is 5.78 Å². The van der Waals surface area contributed by atoms with Crippen molar-refractivity contribution in [2.75, 3.05) is 0 Å². The molecule has 0 aromatic heterocycles. The summed E-state index contributed by atoms with van der Waals surface area (Å²) >= 11 is 0. The monoisotopic (exact) mass is 167 g/mol. The Morgan fingerprint density at radius 2 is 1.75 bits per heavy atom. The predicted molar refractivity (Wildman–Crippen MR) is 50.7 cm³/mol. The van der Waals surface area contributed by atoms with Crippen LogP contribution in [0.3, 0.4) is 0 Å². The Morgan fingerprint density at radius 1 is 1.25 bits per heavy atom. The van der Waals surface area contributed by atoms with Gasteiger partial charge in [0.05, 0.1) is 0 Å². The second kappa shape index (κ2) is 4.06. The van der Waals surface area contributed by atoms with Gasteiger partial charge in [-0.3, -0.25) is 4.79 Å². The van der Waals surface area contributed by atoms with Gasteiger partial charge in [-0.2, -0.15) is 0 Å². The van der Waals surface area contributed by atoms with Crippen LogP contribution in [-0.2, 0) is 4.79 Å². The molecule has 1 nitrogen and oxygen atoms in total. The predicted octanol–water partition coefficient (Wildman–Crippen LogP) is 2.85. The largest absolute Gasteiger partial charge is 0.299 e. The molecule has 1 aliphatic rings. The standard InChI is InChI=1S/C11H19O/c1-8(2)11(12)10-6-4-9(3)5-7-10/h8-10H,3-7H2,1-2H3. The smallest absolute Gasteiger partial charge is 0.138 e. The van der Waals surface area contributed by atoms with Crippen molar-refractivity contribution in [2.24, 2.45) is 17.8 Å². The highest BCUT2D eigenvalue weighted by Crippen LogP contribution is 2.29. The Hall–Kier alpha value is -0.330. The van der Waals surface area contributed by atoms with E-state index in [1.165, 1.54) is 0 Å². The first-order valence-electron chi connectivity index (χ1n) is 4.98. The van der Waals surface area contributed by atoms with Crippen molar-refractivity contribution in [3.63, 3.8) is 0 Å². The average Bonchev–Trinajstić information content (AvgIpc) is 2.04. The van der Waals surface area contributed by atoms with Crippen molar-refractivity contribution in [2.45, 2.75) is 39.5 Å². The number of hydrogen-bond donors (Lipinski definition) is 0. The molecule has 0 amide bonds. The van der Waals surface area contributed by atoms with Gasteiger partial charge in [-0.25, -0.2) is 0 Å². The van der Waals surface area contributed by atoms with Gasteiger partial charge in [0.25, 0.3) is 0 Å². The van der Waals surface area contributed by atoms with Crippen LogP contribution in [0.2, 0.25) is 0 Å². The van der Waals surface area contributed by atoms with E-state index in [4.69, 9.17) is 0 Å². The Balaban J connectivity index is 2.39. The number of carbonyl (C=O) groups excluding carboxylic acids is 1. The molecule has 0 atom stereocenters. The lowest BCUT2D eigenvalue weighted by Gasteiger charge is -2.26. The SMILES string of the molecule is [CH2]C1CCC(C(=O)C(C)C)CC1. The summed E-state index contributed by atoms with van der Waals surface area (Å²) in [7, 11) is 0. The molecule has 69 valence electrons. The quantitative estimate of drug-likeness (QED) is 0.618. The summed E-state index contributed by atoms with van der Waals surface area (Å²) in [5.74, 6) is 1.63. The molecule has 1 aliphatic carbocycles. The molecule has 0 aliphatic heterocycles. The fourth-order valence-electron chi connectivity index (χ4n) is 1.92. The maximum Gasteiger partial charge on any atom is 0.138 e. The van der Waals surface area contributed by atoms with Crippen LogP contribution in [0.15, 0.2) is 0 Å². The number of Topliss-reactive ketones (excluding diaryl/α,β-unsaturated/α-hetero) is 1. The van der Waals surface area contributed by atoms with Crippen molar-refractivity contribution in [3.8, 4) is 0 Å². The van der Waals surface area contributed by atoms with Crippen LogP contribution in [0.4, 0.5) is 0 Å². The zero-order valence-electron chi connectivity index (χ0n) is 8.18. The van der Waals surface area contributed by atoms with Crippen molar-refractivity contribution in [1.29, 1.82) is 0 Å². The lowest BCUT2D eigenvalue weighted by Crippen LogP contribution is -2.24. The number of hydrogen-bond acceptors (Lipinski definition) is 1. The first kappa shape index (κ1) is 9.76. The summed E-state index contributed by atoms with van der Waals surface area (Å²) in [5.41, 5.74) is 0. The molecule has 0 heterocycles. The van der Waals surface area contributed by atoms with E-state index in [9.17, 15) is 4.79 Å². The summed E-state index contributed by atoms with van der Waals surface area (Å²) in [4.78, 5) is 11.6. The normalized spacial score (nSPS) is 30.7. The van der Waals surface area contributed by atoms with Crippen LogP contribution in [0.25, 0.3) is 0 Å². The highest BCUT2D eigenvalue weighted by Gasteiger charge is 2.25. The van der Waals surface area contributed by atoms with E-state index in [0.717, 1.165) is 25.7 Å². The first-order valence-corrected chi connectivity index (χ1v) is 4.98. The number of carbonyl (C=O) groups is 1. The van der Waals surface area contributed by atoms with E-state index in [1.54, 1.807) is 0 Å². The number of ketones is 1. The second-order valence-corrected chi connectivity index (χ2v) is 4.27. The molecular formula is C11H19O. The summed E-state index contributed by atoms with van der Waals surface area (Å²) in [6.45, 7) is 8.02. The van der Waals surface area contributed by atoms with Crippen LogP contribution in [0.1, 0.15) is 39.5 Å². The van der Waals surface area contributed by atoms with Gasteiger partial charge >= 0.3 is 0 Å². The minimum Gasteiger partial charge on any atom is -0.299 e. The van der Waals surface area contributed by atoms with Crippen molar-refractivity contribution in [1.82, 2.24) is 0 Å². The van der Waals surface area contributed by atoms with E-state index >= 15 is 0 Å². The van der Waals surface area contributed by atoms with E-state index in [-0.39, 0.29) is 5.92 Å². The highest BCUT2D eigenvalue weighted by atomic mass is 16.1. The fourth-order valence-corrected chi connectivity index (χ4v) is 1.92. The molecule has 0 spiro atoms. The zero-order valence-corrected chi connectivity index (χ0v) is 8.18. The van der Waals surface area contributed by atoms with Gasteiger partial charge in [0.15, 0.2) is 0 Å². The van der Waals surface area contributed by atoms with Gasteiger partial charge in [0, 0.05) is 11.8 Å². The second-order valence-electron chi connectivity index (χ2n) is 4.27. The molecule has 12 heavy (non-hydrogen) atoms. The van der Waals surface area contributed by atoms with E-state index in [2.05, 4.69) is 6.92 Å². The van der Waals surface area contributed by atoms with Crippen molar-refractivity contribution in [3.05, 3.63) is 6.92 Å². The minimum atomic E-state index is 0.219. The summed E-state index contributed by atoms with van der Waals surface area (Å²) in [5, 5.41) is 0. The van der Waals surface area contributed by atoms with Gasteiger partial charge in [-0.15, -0.1) is 0 Å². The van der Waals surface area contributed by atoms with Crippen LogP contribution < -0.4 is 0 Å². The number of rotatable bonds is 2. The lowest BCUT2D eigenvalue weighted by atomic mass is 9.78. The molecule has 0 N–H and O–H groups in total. The first-order chi connectivity index (χ1) is 5.61. The van der Waals surface area contributed by atoms with Gasteiger partial charge in [0.2, 0.25) is 0 Å². The summed E-state index contributed by atoms with van der Waals surface area (Å²) < 4.78 is 0. The molecule has 1 saturated carbocycles. The summed E-state index contributed by atoms with van der Waals surface area (Å²) in [6, 6.07) is 0. The van der Waals surface area contributed by atoms with E-state index in [0.29, 0.717) is 17.6 Å². The third-order valence-electron chi connectivity index (χ3n) is 2.82. The topological polar surface area (TPSA) is 17.1 Å². The van der Waals surface area contributed by atoms with Gasteiger partial charge in [-0.05, 0) is 31.6 Å². The van der Waals surface area contributed by atoms with E-state index < -0.39 is 0 Å².